The summed E-state index contributed by atoms with van der Waals surface area (Å²) in [5.74, 6) is 0.960. The minimum atomic E-state index is -0.0136. The summed E-state index contributed by atoms with van der Waals surface area (Å²) in [7, 11) is 0. The van der Waals surface area contributed by atoms with Crippen molar-refractivity contribution in [2.24, 2.45) is 0 Å². The topological polar surface area (TPSA) is 80.9 Å². The maximum Gasteiger partial charge on any atom is 0.270 e. The van der Waals surface area contributed by atoms with E-state index >= 15 is 0 Å². The molecule has 0 aliphatic carbocycles. The number of aromatic nitrogens is 3. The second kappa shape index (κ2) is 8.02. The Morgan fingerprint density at radius 1 is 1.20 bits per heavy atom. The van der Waals surface area contributed by atoms with Crippen LogP contribution in [0.25, 0.3) is 22.2 Å². The first-order valence-corrected chi connectivity index (χ1v) is 9.22. The number of thiazole rings is 1. The third kappa shape index (κ3) is 4.11. The number of nitrogens with one attached hydrogen (secondary N) is 1. The van der Waals surface area contributed by atoms with Crippen molar-refractivity contribution in [1.29, 1.82) is 0 Å². The summed E-state index contributed by atoms with van der Waals surface area (Å²) in [5, 5.41) is 7.49. The maximum absolute atomic E-state index is 11.9. The zero-order valence-electron chi connectivity index (χ0n) is 14.3. The number of anilines is 1. The molecule has 0 atom stereocenters. The highest BCUT2D eigenvalue weighted by Crippen LogP contribution is 2.33. The first-order valence-electron chi connectivity index (χ1n) is 8.40. The van der Waals surface area contributed by atoms with Gasteiger partial charge in [-0.15, -0.1) is 0 Å². The van der Waals surface area contributed by atoms with Gasteiger partial charge in [-0.3, -0.25) is 4.79 Å². The molecule has 6 nitrogen and oxygen atoms in total. The summed E-state index contributed by atoms with van der Waals surface area (Å²) < 4.78 is 5.43. The second-order valence-corrected chi connectivity index (χ2v) is 6.59. The van der Waals surface area contributed by atoms with Crippen LogP contribution in [0.2, 0.25) is 0 Å². The molecule has 0 saturated heterocycles. The molecule has 7 heteroatoms. The molecule has 130 valence electrons. The largest absolute Gasteiger partial charge is 0.333 e. The Kier molecular flexibility index (Phi) is 5.55. The van der Waals surface area contributed by atoms with E-state index in [1.165, 1.54) is 11.3 Å². The summed E-state index contributed by atoms with van der Waals surface area (Å²) in [6, 6.07) is 9.66. The Labute approximate surface area is 150 Å². The highest BCUT2D eigenvalue weighted by molar-refractivity contribution is 7.19. The molecule has 1 N–H and O–H groups in total. The van der Waals surface area contributed by atoms with E-state index < -0.39 is 0 Å². The maximum atomic E-state index is 11.9. The molecule has 25 heavy (non-hydrogen) atoms. The van der Waals surface area contributed by atoms with Gasteiger partial charge < -0.3 is 9.84 Å². The standard InChI is InChI=1S/C18H20N4O2S/c1-3-5-11-14(23)20-18-19-13(4-2)15(25-18)17-21-16(22-24-17)12-9-7-6-8-10-12/h6-10H,3-5,11H2,1-2H3,(H,19,20,23). The van der Waals surface area contributed by atoms with Crippen LogP contribution in [0.4, 0.5) is 5.13 Å². The number of rotatable bonds is 7. The van der Waals surface area contributed by atoms with Crippen molar-refractivity contribution >= 4 is 22.4 Å². The predicted molar refractivity (Wildman–Crippen MR) is 98.4 cm³/mol. The van der Waals surface area contributed by atoms with Crippen molar-refractivity contribution in [3.63, 3.8) is 0 Å². The molecule has 1 amide bonds. The number of nitrogens with zero attached hydrogens (tertiary/aromatic N) is 3. The third-order valence-electron chi connectivity index (χ3n) is 3.69. The summed E-state index contributed by atoms with van der Waals surface area (Å²) in [5.41, 5.74) is 1.74. The number of benzene rings is 1. The molecule has 3 aromatic rings. The lowest BCUT2D eigenvalue weighted by Crippen LogP contribution is -2.10. The first-order chi connectivity index (χ1) is 12.2. The molecule has 0 fully saturated rings. The molecule has 1 aromatic carbocycles. The van der Waals surface area contributed by atoms with Gasteiger partial charge in [-0.05, 0) is 12.8 Å². The molecular formula is C18H20N4O2S. The molecule has 0 saturated carbocycles. The lowest BCUT2D eigenvalue weighted by molar-refractivity contribution is -0.116. The molecule has 3 rings (SSSR count). The number of amides is 1. The Bertz CT molecular complexity index is 842. The van der Waals surface area contributed by atoms with Crippen molar-refractivity contribution in [2.75, 3.05) is 5.32 Å². The number of hydrogen-bond acceptors (Lipinski definition) is 6. The fourth-order valence-corrected chi connectivity index (χ4v) is 3.34. The van der Waals surface area contributed by atoms with E-state index in [2.05, 4.69) is 27.4 Å². The Hall–Kier alpha value is -2.54. The van der Waals surface area contributed by atoms with Gasteiger partial charge in [0.05, 0.1) is 5.69 Å². The van der Waals surface area contributed by atoms with Crippen LogP contribution in [0.5, 0.6) is 0 Å². The lowest BCUT2D eigenvalue weighted by atomic mass is 10.2. The van der Waals surface area contributed by atoms with E-state index in [0.717, 1.165) is 35.4 Å². The number of aryl methyl sites for hydroxylation is 1. The summed E-state index contributed by atoms with van der Waals surface area (Å²) >= 11 is 1.37. The lowest BCUT2D eigenvalue weighted by Gasteiger charge is -1.99. The number of carbonyl (C=O) groups is 1. The van der Waals surface area contributed by atoms with Gasteiger partial charge in [0, 0.05) is 12.0 Å². The molecule has 0 radical (unpaired) electrons. The van der Waals surface area contributed by atoms with Crippen molar-refractivity contribution in [3.8, 4) is 22.2 Å². The Balaban J connectivity index is 1.82. The quantitative estimate of drug-likeness (QED) is 0.671. The van der Waals surface area contributed by atoms with Crippen molar-refractivity contribution in [2.45, 2.75) is 39.5 Å². The van der Waals surface area contributed by atoms with Gasteiger partial charge in [0.2, 0.25) is 11.7 Å². The zero-order chi connectivity index (χ0) is 17.6. The average molecular weight is 356 g/mol. The number of hydrogen-bond donors (Lipinski definition) is 1. The van der Waals surface area contributed by atoms with Gasteiger partial charge in [-0.1, -0.05) is 67.1 Å². The highest BCUT2D eigenvalue weighted by Gasteiger charge is 2.19. The zero-order valence-corrected chi connectivity index (χ0v) is 15.1. The van der Waals surface area contributed by atoms with Crippen LogP contribution in [0.15, 0.2) is 34.9 Å². The Morgan fingerprint density at radius 3 is 2.72 bits per heavy atom. The van der Waals surface area contributed by atoms with Gasteiger partial charge in [0.15, 0.2) is 5.13 Å². The van der Waals surface area contributed by atoms with Gasteiger partial charge in [0.1, 0.15) is 4.88 Å². The molecule has 0 unspecified atom stereocenters. The third-order valence-corrected chi connectivity index (χ3v) is 4.69. The smallest absolute Gasteiger partial charge is 0.270 e. The van der Waals surface area contributed by atoms with Crippen LogP contribution in [-0.4, -0.2) is 21.0 Å². The highest BCUT2D eigenvalue weighted by atomic mass is 32.1. The minimum absolute atomic E-state index is 0.0136. The first kappa shape index (κ1) is 17.3. The number of carbonyl (C=O) groups excluding carboxylic acids is 1. The van der Waals surface area contributed by atoms with Gasteiger partial charge in [-0.2, -0.15) is 4.98 Å². The molecule has 2 aromatic heterocycles. The van der Waals surface area contributed by atoms with Crippen molar-refractivity contribution in [1.82, 2.24) is 15.1 Å². The molecule has 0 spiro atoms. The van der Waals surface area contributed by atoms with Gasteiger partial charge >= 0.3 is 0 Å². The van der Waals surface area contributed by atoms with Crippen molar-refractivity contribution in [3.05, 3.63) is 36.0 Å². The summed E-state index contributed by atoms with van der Waals surface area (Å²) in [6.45, 7) is 4.07. The predicted octanol–water partition coefficient (Wildman–Crippen LogP) is 4.55. The normalized spacial score (nSPS) is 10.8. The van der Waals surface area contributed by atoms with E-state index in [0.29, 0.717) is 23.3 Å². The minimum Gasteiger partial charge on any atom is -0.333 e. The van der Waals surface area contributed by atoms with Crippen LogP contribution in [0, 0.1) is 0 Å². The molecule has 2 heterocycles. The van der Waals surface area contributed by atoms with Crippen LogP contribution in [-0.2, 0) is 11.2 Å². The van der Waals surface area contributed by atoms with Gasteiger partial charge in [0.25, 0.3) is 5.89 Å². The fourth-order valence-electron chi connectivity index (χ4n) is 2.35. The molecular weight excluding hydrogens is 336 g/mol. The van der Waals surface area contributed by atoms with Crippen LogP contribution in [0.1, 0.15) is 38.8 Å². The molecule has 0 aliphatic heterocycles. The fraction of sp³-hybridized carbons (Fsp3) is 0.333. The van der Waals surface area contributed by atoms with E-state index in [-0.39, 0.29) is 5.91 Å². The molecule has 0 aliphatic rings. The van der Waals surface area contributed by atoms with E-state index in [4.69, 9.17) is 4.52 Å². The van der Waals surface area contributed by atoms with E-state index in [1.54, 1.807) is 0 Å². The summed E-state index contributed by atoms with van der Waals surface area (Å²) in [4.78, 5) is 21.7. The second-order valence-electron chi connectivity index (χ2n) is 5.59. The number of unbranched alkanes of at least 4 members (excludes halogenated alkanes) is 1. The van der Waals surface area contributed by atoms with Gasteiger partial charge in [-0.25, -0.2) is 4.98 Å². The van der Waals surface area contributed by atoms with Crippen LogP contribution < -0.4 is 5.32 Å². The van der Waals surface area contributed by atoms with Crippen LogP contribution in [0.3, 0.4) is 0 Å². The van der Waals surface area contributed by atoms with E-state index in [1.807, 2.05) is 37.3 Å². The van der Waals surface area contributed by atoms with Crippen molar-refractivity contribution < 1.29 is 9.32 Å². The van der Waals surface area contributed by atoms with E-state index in [9.17, 15) is 4.79 Å². The van der Waals surface area contributed by atoms with Crippen LogP contribution >= 0.6 is 11.3 Å². The SMILES string of the molecule is CCCCC(=O)Nc1nc(CC)c(-c2nc(-c3ccccc3)no2)s1. The molecule has 0 bridgehead atoms. The summed E-state index contributed by atoms with van der Waals surface area (Å²) in [6.07, 6.45) is 3.08. The monoisotopic (exact) mass is 356 g/mol. The Morgan fingerprint density at radius 2 is 2.00 bits per heavy atom. The average Bonchev–Trinajstić information content (AvgIpc) is 3.27.